The Morgan fingerprint density at radius 1 is 1.38 bits per heavy atom. The third kappa shape index (κ3) is 2.76. The van der Waals surface area contributed by atoms with Gasteiger partial charge in [0.15, 0.2) is 0 Å². The molecule has 1 aliphatic heterocycles. The van der Waals surface area contributed by atoms with Gasteiger partial charge in [-0.3, -0.25) is 9.69 Å². The van der Waals surface area contributed by atoms with Crippen LogP contribution in [0.25, 0.3) is 0 Å². The molecule has 2 atom stereocenters. The van der Waals surface area contributed by atoms with Crippen molar-refractivity contribution in [2.75, 3.05) is 13.1 Å². The zero-order valence-electron chi connectivity index (χ0n) is 10.4. The second-order valence-corrected chi connectivity index (χ2v) is 5.86. The lowest BCUT2D eigenvalue weighted by molar-refractivity contribution is -0.138. The molecule has 0 bridgehead atoms. The molecule has 1 N–H and O–H groups in total. The molecule has 2 rings (SSSR count). The van der Waals surface area contributed by atoms with Gasteiger partial charge in [-0.15, -0.1) is 0 Å². The molecule has 92 valence electrons. The van der Waals surface area contributed by atoms with E-state index < -0.39 is 5.97 Å². The van der Waals surface area contributed by atoms with Gasteiger partial charge in [0.05, 0.1) is 0 Å². The van der Waals surface area contributed by atoms with E-state index in [-0.39, 0.29) is 0 Å². The topological polar surface area (TPSA) is 40.5 Å². The summed E-state index contributed by atoms with van der Waals surface area (Å²) in [7, 11) is 0. The molecule has 2 aliphatic rings. The van der Waals surface area contributed by atoms with Gasteiger partial charge in [0, 0.05) is 19.0 Å². The van der Waals surface area contributed by atoms with E-state index in [0.29, 0.717) is 24.3 Å². The lowest BCUT2D eigenvalue weighted by Gasteiger charge is -2.29. The van der Waals surface area contributed by atoms with Crippen LogP contribution in [0, 0.1) is 17.8 Å². The first-order chi connectivity index (χ1) is 7.58. The molecule has 16 heavy (non-hydrogen) atoms. The van der Waals surface area contributed by atoms with Crippen molar-refractivity contribution in [1.29, 1.82) is 0 Å². The summed E-state index contributed by atoms with van der Waals surface area (Å²) in [5.74, 6) is 1.27. The molecule has 0 aromatic heterocycles. The summed E-state index contributed by atoms with van der Waals surface area (Å²) in [6, 6.07) is 0.568. The van der Waals surface area contributed by atoms with Crippen LogP contribution in [0.4, 0.5) is 0 Å². The summed E-state index contributed by atoms with van der Waals surface area (Å²) in [4.78, 5) is 13.4. The van der Waals surface area contributed by atoms with Crippen molar-refractivity contribution >= 4 is 5.97 Å². The smallest absolute Gasteiger partial charge is 0.303 e. The lowest BCUT2D eigenvalue weighted by atomic mass is 9.93. The second-order valence-electron chi connectivity index (χ2n) is 5.86. The normalized spacial score (nSPS) is 31.2. The van der Waals surface area contributed by atoms with Crippen LogP contribution in [0.1, 0.15) is 39.5 Å². The first-order valence-corrected chi connectivity index (χ1v) is 6.53. The standard InChI is InChI=1S/C13H23NO2/c1-9(2)8-14-6-5-11(7-12(15)16)13(14)10-3-4-10/h9-11,13H,3-8H2,1-2H3,(H,15,16)/t11-,13-/m1/s1. The molecule has 3 heteroatoms. The average Bonchev–Trinajstić information content (AvgIpc) is 2.91. The Labute approximate surface area is 97.8 Å². The van der Waals surface area contributed by atoms with E-state index in [1.807, 2.05) is 0 Å². The summed E-state index contributed by atoms with van der Waals surface area (Å²) in [5.41, 5.74) is 0. The Morgan fingerprint density at radius 3 is 2.56 bits per heavy atom. The zero-order chi connectivity index (χ0) is 11.7. The maximum atomic E-state index is 10.9. The van der Waals surface area contributed by atoms with Gasteiger partial charge in [-0.25, -0.2) is 0 Å². The minimum absolute atomic E-state index is 0.371. The van der Waals surface area contributed by atoms with Crippen LogP contribution in [0.5, 0.6) is 0 Å². The molecule has 3 nitrogen and oxygen atoms in total. The molecule has 0 radical (unpaired) electrons. The Bertz CT molecular complexity index is 261. The Hall–Kier alpha value is -0.570. The van der Waals surface area contributed by atoms with Gasteiger partial charge in [0.2, 0.25) is 0 Å². The van der Waals surface area contributed by atoms with Gasteiger partial charge >= 0.3 is 5.97 Å². The van der Waals surface area contributed by atoms with Crippen molar-refractivity contribution < 1.29 is 9.90 Å². The van der Waals surface area contributed by atoms with Crippen LogP contribution >= 0.6 is 0 Å². The van der Waals surface area contributed by atoms with Crippen LogP contribution < -0.4 is 0 Å². The van der Waals surface area contributed by atoms with Gasteiger partial charge in [-0.05, 0) is 43.6 Å². The van der Waals surface area contributed by atoms with Crippen LogP contribution in [0.3, 0.4) is 0 Å². The molecule has 0 aromatic rings. The molecule has 0 aromatic carbocycles. The number of carboxylic acid groups (broad SMARTS) is 1. The van der Waals surface area contributed by atoms with E-state index in [9.17, 15) is 4.79 Å². The molecule has 1 aliphatic carbocycles. The van der Waals surface area contributed by atoms with Crippen molar-refractivity contribution in [1.82, 2.24) is 4.90 Å². The fourth-order valence-corrected chi connectivity index (χ4v) is 3.20. The molecule has 2 fully saturated rings. The molecule has 1 saturated heterocycles. The number of likely N-dealkylation sites (tertiary alicyclic amines) is 1. The van der Waals surface area contributed by atoms with Gasteiger partial charge in [0.1, 0.15) is 0 Å². The molecule has 0 unspecified atom stereocenters. The Balaban J connectivity index is 1.97. The summed E-state index contributed by atoms with van der Waals surface area (Å²) >= 11 is 0. The maximum absolute atomic E-state index is 10.9. The molecular weight excluding hydrogens is 202 g/mol. The molecular formula is C13H23NO2. The highest BCUT2D eigenvalue weighted by atomic mass is 16.4. The van der Waals surface area contributed by atoms with E-state index in [1.54, 1.807) is 0 Å². The first kappa shape index (κ1) is 11.9. The number of carbonyl (C=O) groups is 1. The van der Waals surface area contributed by atoms with Crippen LogP contribution in [-0.4, -0.2) is 35.1 Å². The largest absolute Gasteiger partial charge is 0.481 e. The van der Waals surface area contributed by atoms with Crippen molar-refractivity contribution in [3.05, 3.63) is 0 Å². The third-order valence-corrected chi connectivity index (χ3v) is 3.83. The maximum Gasteiger partial charge on any atom is 0.303 e. The van der Waals surface area contributed by atoms with E-state index in [1.165, 1.54) is 12.8 Å². The summed E-state index contributed by atoms with van der Waals surface area (Å²) in [5, 5.41) is 8.94. The monoisotopic (exact) mass is 225 g/mol. The molecule has 0 spiro atoms. The highest BCUT2D eigenvalue weighted by molar-refractivity contribution is 5.67. The Kier molecular flexibility index (Phi) is 3.53. The summed E-state index contributed by atoms with van der Waals surface area (Å²) in [6.45, 7) is 6.73. The number of aliphatic carboxylic acids is 1. The fourth-order valence-electron chi connectivity index (χ4n) is 3.20. The quantitative estimate of drug-likeness (QED) is 0.780. The Morgan fingerprint density at radius 2 is 2.06 bits per heavy atom. The summed E-state index contributed by atoms with van der Waals surface area (Å²) < 4.78 is 0. The predicted molar refractivity (Wildman–Crippen MR) is 63.3 cm³/mol. The average molecular weight is 225 g/mol. The van der Waals surface area contributed by atoms with Gasteiger partial charge in [-0.2, -0.15) is 0 Å². The first-order valence-electron chi connectivity index (χ1n) is 6.53. The van der Waals surface area contributed by atoms with Crippen LogP contribution in [0.2, 0.25) is 0 Å². The highest BCUT2D eigenvalue weighted by Gasteiger charge is 2.44. The van der Waals surface area contributed by atoms with Gasteiger partial charge in [0.25, 0.3) is 0 Å². The number of hydrogen-bond acceptors (Lipinski definition) is 2. The van der Waals surface area contributed by atoms with E-state index >= 15 is 0 Å². The van der Waals surface area contributed by atoms with Crippen molar-refractivity contribution in [3.8, 4) is 0 Å². The number of hydrogen-bond donors (Lipinski definition) is 1. The number of rotatable bonds is 5. The lowest BCUT2D eigenvalue weighted by Crippen LogP contribution is -2.37. The molecule has 0 amide bonds. The molecule has 1 saturated carbocycles. The van der Waals surface area contributed by atoms with Crippen LogP contribution in [-0.2, 0) is 4.79 Å². The highest BCUT2D eigenvalue weighted by Crippen LogP contribution is 2.44. The van der Waals surface area contributed by atoms with E-state index in [0.717, 1.165) is 25.4 Å². The van der Waals surface area contributed by atoms with Crippen molar-refractivity contribution in [2.24, 2.45) is 17.8 Å². The number of carboxylic acids is 1. The van der Waals surface area contributed by atoms with E-state index in [4.69, 9.17) is 5.11 Å². The van der Waals surface area contributed by atoms with Gasteiger partial charge < -0.3 is 5.11 Å². The summed E-state index contributed by atoms with van der Waals surface area (Å²) in [6.07, 6.45) is 4.08. The third-order valence-electron chi connectivity index (χ3n) is 3.83. The minimum Gasteiger partial charge on any atom is -0.481 e. The van der Waals surface area contributed by atoms with Crippen LogP contribution in [0.15, 0.2) is 0 Å². The zero-order valence-corrected chi connectivity index (χ0v) is 10.4. The van der Waals surface area contributed by atoms with E-state index in [2.05, 4.69) is 18.7 Å². The second kappa shape index (κ2) is 4.74. The predicted octanol–water partition coefficient (Wildman–Crippen LogP) is 2.22. The van der Waals surface area contributed by atoms with Crippen molar-refractivity contribution in [3.63, 3.8) is 0 Å². The molecule has 1 heterocycles. The minimum atomic E-state index is -0.623. The van der Waals surface area contributed by atoms with Gasteiger partial charge in [-0.1, -0.05) is 13.8 Å². The fraction of sp³-hybridized carbons (Fsp3) is 0.923. The SMILES string of the molecule is CC(C)CN1CC[C@H](CC(=O)O)[C@H]1C1CC1. The van der Waals surface area contributed by atoms with Crippen molar-refractivity contribution in [2.45, 2.75) is 45.6 Å². The number of nitrogens with zero attached hydrogens (tertiary/aromatic N) is 1.